The summed E-state index contributed by atoms with van der Waals surface area (Å²) in [5.41, 5.74) is 6.25. The largest absolute Gasteiger partial charge is 0.438 e. The van der Waals surface area contributed by atoms with Crippen LogP contribution in [0.25, 0.3) is 0 Å². The highest BCUT2D eigenvalue weighted by Crippen LogP contribution is 2.28. The van der Waals surface area contributed by atoms with E-state index < -0.39 is 0 Å². The fourth-order valence-electron chi connectivity index (χ4n) is 1.12. The Balaban J connectivity index is 2.26. The molecule has 0 aliphatic rings. The number of para-hydroxylation sites is 1. The normalized spacial score (nSPS) is 9.93. The van der Waals surface area contributed by atoms with Gasteiger partial charge in [0, 0.05) is 18.0 Å². The number of nitrogens with two attached hydrogens (primary N) is 1. The Morgan fingerprint density at radius 3 is 2.73 bits per heavy atom. The van der Waals surface area contributed by atoms with Crippen LogP contribution in [0.1, 0.15) is 0 Å². The van der Waals surface area contributed by atoms with E-state index in [1.165, 1.54) is 0 Å². The topological polar surface area (TPSA) is 48.1 Å². The van der Waals surface area contributed by atoms with Gasteiger partial charge in [0.2, 0.25) is 5.88 Å². The van der Waals surface area contributed by atoms with Crippen molar-refractivity contribution >= 4 is 21.6 Å². The number of ether oxygens (including phenoxy) is 1. The summed E-state index contributed by atoms with van der Waals surface area (Å²) in [6.45, 7) is 0. The molecule has 2 aromatic rings. The van der Waals surface area contributed by atoms with Gasteiger partial charge in [-0.2, -0.15) is 0 Å². The van der Waals surface area contributed by atoms with E-state index in [1.54, 1.807) is 18.3 Å². The molecule has 2 rings (SSSR count). The summed E-state index contributed by atoms with van der Waals surface area (Å²) in [6, 6.07) is 11.0. The molecule has 0 aliphatic carbocycles. The number of pyridine rings is 1. The number of hydrogen-bond acceptors (Lipinski definition) is 3. The molecule has 1 aromatic heterocycles. The van der Waals surface area contributed by atoms with E-state index in [4.69, 9.17) is 10.5 Å². The molecule has 0 unspecified atom stereocenters. The molecule has 4 heteroatoms. The Morgan fingerprint density at radius 1 is 1.20 bits per heavy atom. The van der Waals surface area contributed by atoms with Crippen LogP contribution in [0, 0.1) is 0 Å². The molecule has 0 atom stereocenters. The number of halogens is 1. The second-order valence-electron chi connectivity index (χ2n) is 2.96. The predicted octanol–water partition coefficient (Wildman–Crippen LogP) is 3.22. The van der Waals surface area contributed by atoms with E-state index in [-0.39, 0.29) is 0 Å². The maximum absolute atomic E-state index is 5.62. The van der Waals surface area contributed by atoms with Gasteiger partial charge in [-0.1, -0.05) is 12.1 Å². The molecular formula is C11H9BrN2O. The van der Waals surface area contributed by atoms with Crippen molar-refractivity contribution in [1.82, 2.24) is 4.98 Å². The fraction of sp³-hybridized carbons (Fsp3) is 0. The quantitative estimate of drug-likeness (QED) is 0.906. The molecule has 0 spiro atoms. The summed E-state index contributed by atoms with van der Waals surface area (Å²) >= 11 is 3.39. The van der Waals surface area contributed by atoms with Gasteiger partial charge in [-0.3, -0.25) is 0 Å². The summed E-state index contributed by atoms with van der Waals surface area (Å²) in [6.07, 6.45) is 1.61. The van der Waals surface area contributed by atoms with E-state index in [2.05, 4.69) is 20.9 Å². The summed E-state index contributed by atoms with van der Waals surface area (Å²) in [7, 11) is 0. The minimum Gasteiger partial charge on any atom is -0.438 e. The summed E-state index contributed by atoms with van der Waals surface area (Å²) in [5, 5.41) is 0. The molecule has 76 valence electrons. The second kappa shape index (κ2) is 4.31. The first-order chi connectivity index (χ1) is 7.25. The first-order valence-corrected chi connectivity index (χ1v) is 5.19. The van der Waals surface area contributed by atoms with Crippen LogP contribution in [-0.4, -0.2) is 4.98 Å². The van der Waals surface area contributed by atoms with Crippen LogP contribution in [0.2, 0.25) is 0 Å². The molecule has 0 saturated carbocycles. The van der Waals surface area contributed by atoms with Crippen molar-refractivity contribution in [3.05, 3.63) is 47.1 Å². The standard InChI is InChI=1S/C11H9BrN2O/c12-9-3-1-2-4-10(9)15-11-7-8(13)5-6-14-11/h1-7H,(H2,13,14). The molecule has 2 N–H and O–H groups in total. The van der Waals surface area contributed by atoms with Crippen molar-refractivity contribution in [3.8, 4) is 11.6 Å². The fourth-order valence-corrected chi connectivity index (χ4v) is 1.49. The van der Waals surface area contributed by atoms with Crippen molar-refractivity contribution in [3.63, 3.8) is 0 Å². The highest BCUT2D eigenvalue weighted by molar-refractivity contribution is 9.10. The highest BCUT2D eigenvalue weighted by Gasteiger charge is 2.02. The maximum Gasteiger partial charge on any atom is 0.221 e. The Hall–Kier alpha value is -1.55. The van der Waals surface area contributed by atoms with Crippen LogP contribution in [0.4, 0.5) is 5.69 Å². The van der Waals surface area contributed by atoms with Gasteiger partial charge < -0.3 is 10.5 Å². The SMILES string of the molecule is Nc1ccnc(Oc2ccccc2Br)c1. The van der Waals surface area contributed by atoms with Crippen molar-refractivity contribution in [2.24, 2.45) is 0 Å². The van der Waals surface area contributed by atoms with Crippen LogP contribution in [0.15, 0.2) is 47.1 Å². The van der Waals surface area contributed by atoms with Crippen LogP contribution in [0.3, 0.4) is 0 Å². The van der Waals surface area contributed by atoms with Crippen LogP contribution in [-0.2, 0) is 0 Å². The van der Waals surface area contributed by atoms with Crippen molar-refractivity contribution in [2.45, 2.75) is 0 Å². The summed E-state index contributed by atoms with van der Waals surface area (Å²) < 4.78 is 6.44. The number of nitrogen functional groups attached to an aromatic ring is 1. The van der Waals surface area contributed by atoms with Gasteiger partial charge in [0.1, 0.15) is 5.75 Å². The van der Waals surface area contributed by atoms with Gasteiger partial charge in [0.15, 0.2) is 0 Å². The second-order valence-corrected chi connectivity index (χ2v) is 3.81. The van der Waals surface area contributed by atoms with Crippen molar-refractivity contribution in [2.75, 3.05) is 5.73 Å². The first kappa shape index (κ1) is 9.98. The molecule has 0 amide bonds. The zero-order valence-corrected chi connectivity index (χ0v) is 9.44. The van der Waals surface area contributed by atoms with Gasteiger partial charge in [-0.05, 0) is 34.1 Å². The lowest BCUT2D eigenvalue weighted by molar-refractivity contribution is 0.460. The zero-order valence-electron chi connectivity index (χ0n) is 7.85. The maximum atomic E-state index is 5.62. The number of nitrogens with zero attached hydrogens (tertiary/aromatic N) is 1. The van der Waals surface area contributed by atoms with Crippen molar-refractivity contribution < 1.29 is 4.74 Å². The third kappa shape index (κ3) is 2.47. The molecule has 0 saturated heterocycles. The Kier molecular flexibility index (Phi) is 2.87. The summed E-state index contributed by atoms with van der Waals surface area (Å²) in [5.74, 6) is 1.21. The van der Waals surface area contributed by atoms with E-state index in [9.17, 15) is 0 Å². The smallest absolute Gasteiger partial charge is 0.221 e. The molecule has 0 fully saturated rings. The van der Waals surface area contributed by atoms with Crippen LogP contribution >= 0.6 is 15.9 Å². The molecule has 0 aliphatic heterocycles. The van der Waals surface area contributed by atoms with E-state index >= 15 is 0 Å². The molecule has 1 heterocycles. The number of benzene rings is 1. The Bertz CT molecular complexity index is 474. The predicted molar refractivity (Wildman–Crippen MR) is 62.9 cm³/mol. The zero-order chi connectivity index (χ0) is 10.7. The number of rotatable bonds is 2. The highest BCUT2D eigenvalue weighted by atomic mass is 79.9. The number of hydrogen-bond donors (Lipinski definition) is 1. The number of aromatic nitrogens is 1. The van der Waals surface area contributed by atoms with Gasteiger partial charge in [-0.25, -0.2) is 4.98 Å². The van der Waals surface area contributed by atoms with Gasteiger partial charge >= 0.3 is 0 Å². The Labute approximate surface area is 96.0 Å². The monoisotopic (exact) mass is 264 g/mol. The average molecular weight is 265 g/mol. The van der Waals surface area contributed by atoms with E-state index in [1.807, 2.05) is 24.3 Å². The molecule has 15 heavy (non-hydrogen) atoms. The first-order valence-electron chi connectivity index (χ1n) is 4.39. The summed E-state index contributed by atoms with van der Waals surface area (Å²) in [4.78, 5) is 4.05. The van der Waals surface area contributed by atoms with Crippen LogP contribution < -0.4 is 10.5 Å². The molecule has 1 aromatic carbocycles. The molecule has 0 bridgehead atoms. The number of anilines is 1. The lowest BCUT2D eigenvalue weighted by atomic mass is 10.3. The molecular weight excluding hydrogens is 256 g/mol. The molecule has 0 radical (unpaired) electrons. The minimum absolute atomic E-state index is 0.488. The lowest BCUT2D eigenvalue weighted by Crippen LogP contribution is -1.91. The van der Waals surface area contributed by atoms with Gasteiger partial charge in [-0.15, -0.1) is 0 Å². The van der Waals surface area contributed by atoms with Crippen LogP contribution in [0.5, 0.6) is 11.6 Å². The average Bonchev–Trinajstić information content (AvgIpc) is 2.22. The molecule has 3 nitrogen and oxygen atoms in total. The van der Waals surface area contributed by atoms with E-state index in [0.717, 1.165) is 10.2 Å². The van der Waals surface area contributed by atoms with Gasteiger partial charge in [0.25, 0.3) is 0 Å². The van der Waals surface area contributed by atoms with E-state index in [0.29, 0.717) is 11.6 Å². The Morgan fingerprint density at radius 2 is 2.00 bits per heavy atom. The third-order valence-electron chi connectivity index (χ3n) is 1.81. The minimum atomic E-state index is 0.488. The van der Waals surface area contributed by atoms with Crippen molar-refractivity contribution in [1.29, 1.82) is 0 Å². The third-order valence-corrected chi connectivity index (χ3v) is 2.47. The lowest BCUT2D eigenvalue weighted by Gasteiger charge is -2.06. The van der Waals surface area contributed by atoms with Gasteiger partial charge in [0.05, 0.1) is 4.47 Å².